The Bertz CT molecular complexity index is 1210. The summed E-state index contributed by atoms with van der Waals surface area (Å²) in [6.07, 6.45) is -1.20. The summed E-state index contributed by atoms with van der Waals surface area (Å²) in [6.45, 7) is 1.67. The van der Waals surface area contributed by atoms with Crippen LogP contribution in [-0.4, -0.2) is 49.2 Å². The second-order valence-electron chi connectivity index (χ2n) is 7.02. The summed E-state index contributed by atoms with van der Waals surface area (Å²) in [7, 11) is 1.56. The number of halogens is 1. The number of benzene rings is 2. The van der Waals surface area contributed by atoms with Gasteiger partial charge >= 0.3 is 6.09 Å². The molecule has 0 spiro atoms. The minimum atomic E-state index is -0.791. The fourth-order valence-electron chi connectivity index (χ4n) is 3.20. The number of methoxy groups -OCH3 is 1. The summed E-state index contributed by atoms with van der Waals surface area (Å²) in [5, 5.41) is 5.50. The minimum absolute atomic E-state index is 0.152. The van der Waals surface area contributed by atoms with Gasteiger partial charge in [0.15, 0.2) is 5.13 Å². The Morgan fingerprint density at radius 3 is 2.84 bits per heavy atom. The van der Waals surface area contributed by atoms with E-state index >= 15 is 0 Å². The number of carbonyl (C=O) groups is 3. The van der Waals surface area contributed by atoms with Gasteiger partial charge in [-0.05, 0) is 36.4 Å². The SMILES string of the molecule is COc1ccc2nc(NC(=O)c3ccc(N4C[C@H](CNC(C)=O)OC4=O)cc3F)sc2c1. The lowest BCUT2D eigenvalue weighted by Crippen LogP contribution is -2.33. The third-order valence-corrected chi connectivity index (χ3v) is 5.71. The molecule has 1 saturated heterocycles. The number of cyclic esters (lactones) is 1. The maximum atomic E-state index is 14.7. The second kappa shape index (κ2) is 8.79. The van der Waals surface area contributed by atoms with Crippen molar-refractivity contribution in [2.45, 2.75) is 13.0 Å². The van der Waals surface area contributed by atoms with Crippen molar-refractivity contribution in [3.05, 3.63) is 47.8 Å². The van der Waals surface area contributed by atoms with Gasteiger partial charge in [-0.25, -0.2) is 14.2 Å². The van der Waals surface area contributed by atoms with E-state index in [0.29, 0.717) is 16.4 Å². The van der Waals surface area contributed by atoms with Crippen LogP contribution in [0.5, 0.6) is 5.75 Å². The van der Waals surface area contributed by atoms with Crippen molar-refractivity contribution < 1.29 is 28.2 Å². The van der Waals surface area contributed by atoms with E-state index < -0.39 is 23.9 Å². The van der Waals surface area contributed by atoms with Crippen LogP contribution in [0.25, 0.3) is 10.2 Å². The van der Waals surface area contributed by atoms with E-state index in [9.17, 15) is 18.8 Å². The third kappa shape index (κ3) is 4.47. The van der Waals surface area contributed by atoms with Gasteiger partial charge in [-0.2, -0.15) is 0 Å². The minimum Gasteiger partial charge on any atom is -0.497 e. The number of nitrogens with one attached hydrogen (secondary N) is 2. The number of thiazole rings is 1. The van der Waals surface area contributed by atoms with E-state index in [-0.39, 0.29) is 30.2 Å². The normalized spacial score (nSPS) is 15.5. The highest BCUT2D eigenvalue weighted by atomic mass is 32.1. The number of amides is 3. The molecule has 1 aliphatic heterocycles. The molecule has 0 bridgehead atoms. The summed E-state index contributed by atoms with van der Waals surface area (Å²) in [4.78, 5) is 41.3. The molecular formula is C21H19FN4O5S. The molecule has 3 aromatic rings. The molecule has 166 valence electrons. The first-order valence-corrected chi connectivity index (χ1v) is 10.4. The molecule has 1 atom stereocenters. The Labute approximate surface area is 186 Å². The zero-order chi connectivity index (χ0) is 22.8. The molecule has 2 heterocycles. The number of nitrogens with zero attached hydrogens (tertiary/aromatic N) is 2. The Morgan fingerprint density at radius 2 is 2.12 bits per heavy atom. The van der Waals surface area contributed by atoms with E-state index in [1.807, 2.05) is 0 Å². The van der Waals surface area contributed by atoms with Crippen LogP contribution in [-0.2, 0) is 9.53 Å². The standard InChI is InChI=1S/C21H19FN4O5S/c1-11(27)23-9-14-10-26(21(29)31-14)12-3-5-15(16(22)7-12)19(28)25-20-24-17-6-4-13(30-2)8-18(17)32-20/h3-8,14H,9-10H2,1-2H3,(H,23,27)(H,24,25,28)/t14-/m0/s1. The quantitative estimate of drug-likeness (QED) is 0.587. The molecule has 0 aliphatic carbocycles. The van der Waals surface area contributed by atoms with Crippen molar-refractivity contribution in [2.24, 2.45) is 0 Å². The smallest absolute Gasteiger partial charge is 0.414 e. The number of hydrogen-bond donors (Lipinski definition) is 2. The van der Waals surface area contributed by atoms with Crippen LogP contribution in [0.4, 0.5) is 20.0 Å². The van der Waals surface area contributed by atoms with E-state index in [2.05, 4.69) is 15.6 Å². The first-order chi connectivity index (χ1) is 15.3. The molecular weight excluding hydrogens is 439 g/mol. The molecule has 1 aliphatic rings. The molecule has 0 unspecified atom stereocenters. The lowest BCUT2D eigenvalue weighted by atomic mass is 10.1. The van der Waals surface area contributed by atoms with Crippen LogP contribution in [0.2, 0.25) is 0 Å². The average molecular weight is 458 g/mol. The van der Waals surface area contributed by atoms with Crippen LogP contribution in [0, 0.1) is 5.82 Å². The molecule has 1 aromatic heterocycles. The van der Waals surface area contributed by atoms with E-state index in [4.69, 9.17) is 9.47 Å². The zero-order valence-electron chi connectivity index (χ0n) is 17.2. The van der Waals surface area contributed by atoms with Gasteiger partial charge in [0.1, 0.15) is 17.7 Å². The van der Waals surface area contributed by atoms with Crippen molar-refractivity contribution in [3.8, 4) is 5.75 Å². The Hall–Kier alpha value is -3.73. The van der Waals surface area contributed by atoms with Gasteiger partial charge in [0, 0.05) is 6.92 Å². The summed E-state index contributed by atoms with van der Waals surface area (Å²) in [5.74, 6) is -1.03. The first-order valence-electron chi connectivity index (χ1n) is 9.62. The fourth-order valence-corrected chi connectivity index (χ4v) is 4.09. The predicted octanol–water partition coefficient (Wildman–Crippen LogP) is 3.16. The molecule has 0 saturated carbocycles. The van der Waals surface area contributed by atoms with Gasteiger partial charge in [0.25, 0.3) is 5.91 Å². The monoisotopic (exact) mass is 458 g/mol. The Balaban J connectivity index is 1.46. The molecule has 4 rings (SSSR count). The Morgan fingerprint density at radius 1 is 1.31 bits per heavy atom. The van der Waals surface area contributed by atoms with Crippen LogP contribution in [0.1, 0.15) is 17.3 Å². The molecule has 32 heavy (non-hydrogen) atoms. The van der Waals surface area contributed by atoms with Crippen molar-refractivity contribution in [1.82, 2.24) is 10.3 Å². The van der Waals surface area contributed by atoms with Gasteiger partial charge in [-0.1, -0.05) is 11.3 Å². The van der Waals surface area contributed by atoms with Crippen LogP contribution < -0.4 is 20.3 Å². The molecule has 0 radical (unpaired) electrons. The summed E-state index contributed by atoms with van der Waals surface area (Å²) in [5.41, 5.74) is 0.748. The molecule has 11 heteroatoms. The Kier molecular flexibility index (Phi) is 5.91. The van der Waals surface area contributed by atoms with Crippen LogP contribution in [0.15, 0.2) is 36.4 Å². The van der Waals surface area contributed by atoms with E-state index in [1.54, 1.807) is 25.3 Å². The summed E-state index contributed by atoms with van der Waals surface area (Å²) < 4.78 is 25.9. The van der Waals surface area contributed by atoms with Gasteiger partial charge in [0.05, 0.1) is 41.7 Å². The van der Waals surface area contributed by atoms with Crippen molar-refractivity contribution in [2.75, 3.05) is 30.4 Å². The van der Waals surface area contributed by atoms with E-state index in [0.717, 1.165) is 10.8 Å². The molecule has 3 amide bonds. The lowest BCUT2D eigenvalue weighted by molar-refractivity contribution is -0.119. The average Bonchev–Trinajstić information content (AvgIpc) is 3.33. The molecule has 2 aromatic carbocycles. The number of hydrogen-bond acceptors (Lipinski definition) is 7. The van der Waals surface area contributed by atoms with Crippen LogP contribution in [0.3, 0.4) is 0 Å². The number of anilines is 2. The van der Waals surface area contributed by atoms with Gasteiger partial charge in [-0.15, -0.1) is 0 Å². The summed E-state index contributed by atoms with van der Waals surface area (Å²) >= 11 is 1.24. The third-order valence-electron chi connectivity index (χ3n) is 4.78. The van der Waals surface area contributed by atoms with Gasteiger partial charge < -0.3 is 14.8 Å². The highest BCUT2D eigenvalue weighted by Gasteiger charge is 2.33. The predicted molar refractivity (Wildman–Crippen MR) is 117 cm³/mol. The molecule has 1 fully saturated rings. The number of fused-ring (bicyclic) bond motifs is 1. The second-order valence-corrected chi connectivity index (χ2v) is 8.06. The number of aromatic nitrogens is 1. The lowest BCUT2D eigenvalue weighted by Gasteiger charge is -2.14. The van der Waals surface area contributed by atoms with Gasteiger partial charge in [0.2, 0.25) is 5.91 Å². The van der Waals surface area contributed by atoms with Crippen molar-refractivity contribution in [3.63, 3.8) is 0 Å². The van der Waals surface area contributed by atoms with Crippen molar-refractivity contribution >= 4 is 50.3 Å². The summed E-state index contributed by atoms with van der Waals surface area (Å²) in [6, 6.07) is 9.18. The van der Waals surface area contributed by atoms with Gasteiger partial charge in [-0.3, -0.25) is 19.8 Å². The first kappa shape index (κ1) is 21.5. The van der Waals surface area contributed by atoms with Crippen LogP contribution >= 0.6 is 11.3 Å². The van der Waals surface area contributed by atoms with Crippen molar-refractivity contribution in [1.29, 1.82) is 0 Å². The highest BCUT2D eigenvalue weighted by molar-refractivity contribution is 7.22. The molecule has 2 N–H and O–H groups in total. The maximum absolute atomic E-state index is 14.7. The highest BCUT2D eigenvalue weighted by Crippen LogP contribution is 2.30. The maximum Gasteiger partial charge on any atom is 0.414 e. The fraction of sp³-hybridized carbons (Fsp3) is 0.238. The topological polar surface area (TPSA) is 110 Å². The number of ether oxygens (including phenoxy) is 2. The molecule has 9 nitrogen and oxygen atoms in total. The van der Waals surface area contributed by atoms with E-state index in [1.165, 1.54) is 35.3 Å². The number of rotatable bonds is 6. The zero-order valence-corrected chi connectivity index (χ0v) is 18.0. The largest absolute Gasteiger partial charge is 0.497 e. The number of carbonyl (C=O) groups excluding carboxylic acids is 3.